The highest BCUT2D eigenvalue weighted by molar-refractivity contribution is 7.99. The van der Waals surface area contributed by atoms with Crippen molar-refractivity contribution in [3.63, 3.8) is 0 Å². The Labute approximate surface area is 111 Å². The van der Waals surface area contributed by atoms with Crippen LogP contribution < -0.4 is 0 Å². The average Bonchev–Trinajstić information content (AvgIpc) is 2.62. The highest BCUT2D eigenvalue weighted by atomic mass is 35.5. The zero-order chi connectivity index (χ0) is 11.8. The van der Waals surface area contributed by atoms with Crippen LogP contribution in [0.15, 0.2) is 4.40 Å². The van der Waals surface area contributed by atoms with Crippen molar-refractivity contribution in [2.45, 2.75) is 49.8 Å². The molecule has 0 saturated carbocycles. The molecule has 0 aromatic heterocycles. The lowest BCUT2D eigenvalue weighted by atomic mass is 10.1. The molecule has 5 heteroatoms. The number of Topliss-reactive ketones (excluding diaryl/α,β-unsaturated/α-hetero) is 1. The fraction of sp³-hybridized carbons (Fsp3) is 0.818. The minimum atomic E-state index is -0.220. The van der Waals surface area contributed by atoms with Gasteiger partial charge in [-0.15, -0.1) is 23.2 Å². The van der Waals surface area contributed by atoms with Crippen LogP contribution in [0.4, 0.5) is 0 Å². The summed E-state index contributed by atoms with van der Waals surface area (Å²) in [5.41, 5.74) is 0.784. The molecule has 0 N–H and O–H groups in total. The fourth-order valence-corrected chi connectivity index (χ4v) is 2.62. The second-order valence-corrected chi connectivity index (χ2v) is 5.94. The first-order valence-corrected chi connectivity index (χ1v) is 7.52. The summed E-state index contributed by atoms with van der Waals surface area (Å²) in [5.74, 6) is 0.763. The Morgan fingerprint density at radius 3 is 2.50 bits per heavy atom. The number of ketones is 1. The summed E-state index contributed by atoms with van der Waals surface area (Å²) >= 11 is 12.6. The first kappa shape index (κ1) is 14.3. The average molecular weight is 282 g/mol. The van der Waals surface area contributed by atoms with Crippen molar-refractivity contribution in [3.8, 4) is 0 Å². The van der Waals surface area contributed by atoms with Crippen molar-refractivity contribution < 1.29 is 4.79 Å². The molecule has 0 atom stereocenters. The molecule has 1 aliphatic heterocycles. The topological polar surface area (TPSA) is 29.4 Å². The van der Waals surface area contributed by atoms with E-state index in [2.05, 4.69) is 4.40 Å². The van der Waals surface area contributed by atoms with Crippen molar-refractivity contribution in [2.75, 3.05) is 5.75 Å². The van der Waals surface area contributed by atoms with Gasteiger partial charge in [-0.2, -0.15) is 0 Å². The van der Waals surface area contributed by atoms with Gasteiger partial charge in [-0.3, -0.25) is 4.79 Å². The van der Waals surface area contributed by atoms with Crippen LogP contribution in [0.2, 0.25) is 0 Å². The van der Waals surface area contributed by atoms with Crippen LogP contribution in [0.1, 0.15) is 44.9 Å². The number of halogens is 2. The Hall–Kier alpha value is 0.270. The minimum absolute atomic E-state index is 0.220. The van der Waals surface area contributed by atoms with E-state index in [0.717, 1.165) is 37.8 Å². The molecule has 1 heterocycles. The van der Waals surface area contributed by atoms with Crippen LogP contribution in [0.5, 0.6) is 0 Å². The summed E-state index contributed by atoms with van der Waals surface area (Å²) in [6.07, 6.45) is 7.40. The maximum Gasteiger partial charge on any atom is 0.189 e. The quantitative estimate of drug-likeness (QED) is 0.379. The van der Waals surface area contributed by atoms with Gasteiger partial charge in [0, 0.05) is 0 Å². The first-order chi connectivity index (χ1) is 7.70. The number of hydrogen-bond donors (Lipinski definition) is 0. The van der Waals surface area contributed by atoms with Crippen LogP contribution >= 0.6 is 35.1 Å². The Kier molecular flexibility index (Phi) is 7.50. The van der Waals surface area contributed by atoms with Gasteiger partial charge in [-0.05, 0) is 31.2 Å². The molecule has 0 saturated heterocycles. The van der Waals surface area contributed by atoms with E-state index < -0.39 is 0 Å². The third-order valence-electron chi connectivity index (χ3n) is 2.53. The molecule has 0 aromatic carbocycles. The highest BCUT2D eigenvalue weighted by Crippen LogP contribution is 2.17. The second kappa shape index (κ2) is 8.37. The largest absolute Gasteiger partial charge is 0.292 e. The zero-order valence-electron chi connectivity index (χ0n) is 9.25. The molecule has 2 nitrogen and oxygen atoms in total. The van der Waals surface area contributed by atoms with E-state index in [1.54, 1.807) is 0 Å². The minimum Gasteiger partial charge on any atom is -0.292 e. The van der Waals surface area contributed by atoms with Crippen LogP contribution in [0, 0.1) is 0 Å². The molecule has 0 aliphatic carbocycles. The van der Waals surface area contributed by atoms with Gasteiger partial charge in [0.2, 0.25) is 0 Å². The van der Waals surface area contributed by atoms with E-state index in [1.165, 1.54) is 24.8 Å². The molecule has 0 radical (unpaired) electrons. The molecule has 0 fully saturated rings. The molecule has 92 valence electrons. The first-order valence-electron chi connectivity index (χ1n) is 5.70. The van der Waals surface area contributed by atoms with Gasteiger partial charge < -0.3 is 0 Å². The van der Waals surface area contributed by atoms with E-state index in [9.17, 15) is 4.79 Å². The van der Waals surface area contributed by atoms with Crippen LogP contribution in [0.25, 0.3) is 0 Å². The zero-order valence-corrected chi connectivity index (χ0v) is 11.6. The summed E-state index contributed by atoms with van der Waals surface area (Å²) in [7, 11) is 0. The van der Waals surface area contributed by atoms with Crippen LogP contribution in [-0.2, 0) is 4.79 Å². The number of hydrogen-bond acceptors (Lipinski definition) is 3. The molecule has 0 amide bonds. The molecule has 16 heavy (non-hydrogen) atoms. The predicted molar refractivity (Wildman–Crippen MR) is 72.7 cm³/mol. The Balaban J connectivity index is 1.90. The summed E-state index contributed by atoms with van der Waals surface area (Å²) in [6.45, 7) is 0. The van der Waals surface area contributed by atoms with Crippen LogP contribution in [0.3, 0.4) is 0 Å². The third-order valence-corrected chi connectivity index (χ3v) is 3.71. The summed E-state index contributed by atoms with van der Waals surface area (Å²) < 4.78 is 4.12. The van der Waals surface area contributed by atoms with Crippen molar-refractivity contribution >= 4 is 46.6 Å². The van der Waals surface area contributed by atoms with Gasteiger partial charge in [0.15, 0.2) is 5.78 Å². The number of carbonyl (C=O) groups is 1. The van der Waals surface area contributed by atoms with Crippen molar-refractivity contribution in [2.24, 2.45) is 4.40 Å². The lowest BCUT2D eigenvalue weighted by Crippen LogP contribution is -2.10. The molecule has 1 rings (SSSR count). The van der Waals surface area contributed by atoms with Crippen molar-refractivity contribution in [3.05, 3.63) is 0 Å². The van der Waals surface area contributed by atoms with E-state index in [0.29, 0.717) is 5.75 Å². The van der Waals surface area contributed by atoms with Gasteiger partial charge in [-0.25, -0.2) is 4.40 Å². The highest BCUT2D eigenvalue weighted by Gasteiger charge is 2.16. The normalized spacial score (nSPS) is 15.9. The van der Waals surface area contributed by atoms with Gasteiger partial charge >= 0.3 is 0 Å². The van der Waals surface area contributed by atoms with Crippen molar-refractivity contribution in [1.29, 1.82) is 0 Å². The van der Waals surface area contributed by atoms with Gasteiger partial charge in [0.25, 0.3) is 0 Å². The molecular formula is C11H17Cl2NOS. The van der Waals surface area contributed by atoms with Gasteiger partial charge in [0.1, 0.15) is 4.84 Å². The van der Waals surface area contributed by atoms with E-state index in [4.69, 9.17) is 23.2 Å². The second-order valence-electron chi connectivity index (χ2n) is 3.93. The number of rotatable bonds is 8. The molecular weight excluding hydrogens is 265 g/mol. The van der Waals surface area contributed by atoms with Crippen LogP contribution in [-0.4, -0.2) is 22.1 Å². The number of carbonyl (C=O) groups excluding carboxylic acids is 1. The predicted octanol–water partition coefficient (Wildman–Crippen LogP) is 4.19. The molecule has 0 aromatic rings. The van der Waals surface area contributed by atoms with Gasteiger partial charge in [-0.1, -0.05) is 25.7 Å². The maximum atomic E-state index is 11.2. The lowest BCUT2D eigenvalue weighted by Gasteiger charge is -2.02. The van der Waals surface area contributed by atoms with E-state index in [1.807, 2.05) is 0 Å². The third kappa shape index (κ3) is 6.12. The summed E-state index contributed by atoms with van der Waals surface area (Å²) in [5, 5.41) is 0. The molecule has 0 spiro atoms. The van der Waals surface area contributed by atoms with Gasteiger partial charge in [0.05, 0.1) is 11.5 Å². The Morgan fingerprint density at radius 1 is 1.19 bits per heavy atom. The number of unbranched alkanes of at least 4 members (excludes halogenated alkanes) is 4. The fourth-order valence-electron chi connectivity index (χ4n) is 1.61. The SMILES string of the molecule is O=C1CSN=C1CCCCCCCC(Cl)Cl. The van der Waals surface area contributed by atoms with E-state index >= 15 is 0 Å². The smallest absolute Gasteiger partial charge is 0.189 e. The molecule has 1 aliphatic rings. The lowest BCUT2D eigenvalue weighted by molar-refractivity contribution is -0.110. The monoisotopic (exact) mass is 281 g/mol. The number of nitrogens with zero attached hydrogens (tertiary/aromatic N) is 1. The summed E-state index contributed by atoms with van der Waals surface area (Å²) in [6, 6.07) is 0. The van der Waals surface area contributed by atoms with Crippen molar-refractivity contribution in [1.82, 2.24) is 0 Å². The van der Waals surface area contributed by atoms with E-state index in [-0.39, 0.29) is 10.6 Å². The standard InChI is InChI=1S/C11H17Cl2NOS/c12-11(13)7-5-3-1-2-4-6-9-10(15)8-16-14-9/h11H,1-8H2. The maximum absolute atomic E-state index is 11.2. The Bertz CT molecular complexity index is 256. The molecule has 0 bridgehead atoms. The molecule has 0 unspecified atom stereocenters. The number of alkyl halides is 2. The Morgan fingerprint density at radius 2 is 1.88 bits per heavy atom. The summed E-state index contributed by atoms with van der Waals surface area (Å²) in [4.78, 5) is 11.0.